The third kappa shape index (κ3) is 8.06. The largest absolute Gasteiger partial charge is 0.0925 e. The van der Waals surface area contributed by atoms with Crippen molar-refractivity contribution >= 4 is 15.9 Å². The molecule has 0 aliphatic rings. The zero-order valence-corrected chi connectivity index (χ0v) is 9.95. The highest BCUT2D eigenvalue weighted by atomic mass is 79.9. The molecule has 0 N–H and O–H groups in total. The van der Waals surface area contributed by atoms with Crippen LogP contribution < -0.4 is 0 Å². The Morgan fingerprint density at radius 2 is 1.75 bits per heavy atom. The second-order valence-corrected chi connectivity index (χ2v) is 4.14. The number of alkyl halides is 1. The van der Waals surface area contributed by atoms with Crippen LogP contribution in [0, 0.1) is 0 Å². The van der Waals surface area contributed by atoms with E-state index in [2.05, 4.69) is 48.9 Å². The molecule has 0 radical (unpaired) electrons. The Morgan fingerprint density at radius 1 is 1.08 bits per heavy atom. The molecule has 1 heteroatoms. The predicted molar refractivity (Wildman–Crippen MR) is 60.8 cm³/mol. The third-order valence-corrected chi connectivity index (χ3v) is 2.15. The van der Waals surface area contributed by atoms with Crippen molar-refractivity contribution in [1.82, 2.24) is 0 Å². The first kappa shape index (κ1) is 12.0. The van der Waals surface area contributed by atoms with Gasteiger partial charge < -0.3 is 0 Å². The van der Waals surface area contributed by atoms with Crippen LogP contribution >= 0.6 is 15.9 Å². The highest BCUT2D eigenvalue weighted by Crippen LogP contribution is 2.07. The van der Waals surface area contributed by atoms with Crippen LogP contribution in [0.1, 0.15) is 40.0 Å². The minimum atomic E-state index is 1.08. The third-order valence-electron chi connectivity index (χ3n) is 1.69. The molecule has 0 rings (SSSR count). The topological polar surface area (TPSA) is 0 Å². The first-order valence-corrected chi connectivity index (χ1v) is 5.64. The fourth-order valence-electron chi connectivity index (χ4n) is 0.992. The van der Waals surface area contributed by atoms with Crippen molar-refractivity contribution in [1.29, 1.82) is 0 Å². The molecule has 0 saturated heterocycles. The van der Waals surface area contributed by atoms with Crippen molar-refractivity contribution in [3.63, 3.8) is 0 Å². The Bertz CT molecular complexity index is 162. The molecular formula is C11H19Br. The molecular weight excluding hydrogens is 212 g/mol. The highest BCUT2D eigenvalue weighted by Gasteiger charge is 1.87. The van der Waals surface area contributed by atoms with Crippen LogP contribution in [0.25, 0.3) is 0 Å². The van der Waals surface area contributed by atoms with Crippen LogP contribution in [0.3, 0.4) is 0 Å². The van der Waals surface area contributed by atoms with Crippen molar-refractivity contribution in [2.45, 2.75) is 40.0 Å². The summed E-state index contributed by atoms with van der Waals surface area (Å²) in [6.45, 7) is 6.51. The van der Waals surface area contributed by atoms with E-state index in [1.807, 2.05) is 0 Å². The van der Waals surface area contributed by atoms with Crippen molar-refractivity contribution in [2.75, 3.05) is 5.33 Å². The van der Waals surface area contributed by atoms with E-state index in [0.29, 0.717) is 0 Å². The lowest BCUT2D eigenvalue weighted by Crippen LogP contribution is -1.78. The zero-order valence-electron chi connectivity index (χ0n) is 8.36. The summed E-state index contributed by atoms with van der Waals surface area (Å²) in [7, 11) is 0. The fraction of sp³-hybridized carbons (Fsp3) is 0.636. The maximum Gasteiger partial charge on any atom is 0.00660 e. The molecule has 0 spiro atoms. The van der Waals surface area contributed by atoms with Crippen LogP contribution in [-0.2, 0) is 0 Å². The standard InChI is InChI=1S/C11H19Br/c1-10(2)6-4-7-11(3)8-5-9-12/h6,8H,4-5,7,9H2,1-3H3/b11-8-. The van der Waals surface area contributed by atoms with Crippen LogP contribution in [0.5, 0.6) is 0 Å². The first-order valence-electron chi connectivity index (χ1n) is 4.51. The lowest BCUT2D eigenvalue weighted by Gasteiger charge is -1.97. The summed E-state index contributed by atoms with van der Waals surface area (Å²) in [4.78, 5) is 0. The smallest absolute Gasteiger partial charge is 0.00660 e. The summed E-state index contributed by atoms with van der Waals surface area (Å²) in [5.74, 6) is 0. The van der Waals surface area contributed by atoms with Gasteiger partial charge in [-0.3, -0.25) is 0 Å². The van der Waals surface area contributed by atoms with E-state index in [1.165, 1.54) is 24.0 Å². The van der Waals surface area contributed by atoms with Crippen molar-refractivity contribution in [3.8, 4) is 0 Å². The van der Waals surface area contributed by atoms with Crippen LogP contribution in [0.15, 0.2) is 23.3 Å². The lowest BCUT2D eigenvalue weighted by atomic mass is 10.1. The maximum atomic E-state index is 3.41. The van der Waals surface area contributed by atoms with Crippen LogP contribution in [-0.4, -0.2) is 5.33 Å². The van der Waals surface area contributed by atoms with Crippen molar-refractivity contribution in [3.05, 3.63) is 23.3 Å². The van der Waals surface area contributed by atoms with Gasteiger partial charge in [0.2, 0.25) is 0 Å². The summed E-state index contributed by atoms with van der Waals surface area (Å²) >= 11 is 3.41. The number of halogens is 1. The zero-order chi connectivity index (χ0) is 9.40. The van der Waals surface area contributed by atoms with E-state index < -0.39 is 0 Å². The Labute approximate surface area is 84.9 Å². The Morgan fingerprint density at radius 3 is 2.25 bits per heavy atom. The normalized spacial score (nSPS) is 11.5. The lowest BCUT2D eigenvalue weighted by molar-refractivity contribution is 0.954. The quantitative estimate of drug-likeness (QED) is 0.484. The van der Waals surface area contributed by atoms with E-state index in [0.717, 1.165) is 11.8 Å². The average molecular weight is 231 g/mol. The molecule has 0 aromatic rings. The Balaban J connectivity index is 3.56. The summed E-state index contributed by atoms with van der Waals surface area (Å²) in [6, 6.07) is 0. The molecule has 70 valence electrons. The number of allylic oxidation sites excluding steroid dienone is 4. The molecule has 0 nitrogen and oxygen atoms in total. The first-order chi connectivity index (χ1) is 5.66. The van der Waals surface area contributed by atoms with E-state index in [-0.39, 0.29) is 0 Å². The molecule has 0 bridgehead atoms. The van der Waals surface area contributed by atoms with Gasteiger partial charge in [0.25, 0.3) is 0 Å². The van der Waals surface area contributed by atoms with Gasteiger partial charge >= 0.3 is 0 Å². The van der Waals surface area contributed by atoms with Gasteiger partial charge in [0.05, 0.1) is 0 Å². The van der Waals surface area contributed by atoms with Gasteiger partial charge in [-0.05, 0) is 40.0 Å². The maximum absolute atomic E-state index is 3.41. The molecule has 0 aromatic carbocycles. The molecule has 0 aromatic heterocycles. The van der Waals surface area contributed by atoms with Crippen molar-refractivity contribution in [2.24, 2.45) is 0 Å². The van der Waals surface area contributed by atoms with Gasteiger partial charge in [-0.1, -0.05) is 39.2 Å². The van der Waals surface area contributed by atoms with E-state index in [4.69, 9.17) is 0 Å². The Kier molecular flexibility index (Phi) is 7.58. The molecule has 0 unspecified atom stereocenters. The molecule has 0 fully saturated rings. The number of hydrogen-bond donors (Lipinski definition) is 0. The molecule has 0 atom stereocenters. The van der Waals surface area contributed by atoms with Gasteiger partial charge in [0, 0.05) is 5.33 Å². The van der Waals surface area contributed by atoms with E-state index >= 15 is 0 Å². The molecule has 0 aliphatic heterocycles. The molecule has 0 saturated carbocycles. The van der Waals surface area contributed by atoms with Crippen molar-refractivity contribution < 1.29 is 0 Å². The summed E-state index contributed by atoms with van der Waals surface area (Å²) in [6.07, 6.45) is 8.16. The highest BCUT2D eigenvalue weighted by molar-refractivity contribution is 9.09. The van der Waals surface area contributed by atoms with Gasteiger partial charge in [-0.2, -0.15) is 0 Å². The molecule has 0 aliphatic carbocycles. The fourth-order valence-corrected chi connectivity index (χ4v) is 1.22. The molecule has 0 heterocycles. The van der Waals surface area contributed by atoms with E-state index in [9.17, 15) is 0 Å². The SMILES string of the molecule is CC(C)=CCC/C(C)=C\CCBr. The summed E-state index contributed by atoms with van der Waals surface area (Å²) in [5, 5.41) is 1.08. The number of rotatable bonds is 5. The summed E-state index contributed by atoms with van der Waals surface area (Å²) < 4.78 is 0. The molecule has 12 heavy (non-hydrogen) atoms. The average Bonchev–Trinajstić information content (AvgIpc) is 2.00. The molecule has 0 amide bonds. The van der Waals surface area contributed by atoms with Gasteiger partial charge in [0.1, 0.15) is 0 Å². The monoisotopic (exact) mass is 230 g/mol. The minimum absolute atomic E-state index is 1.08. The number of hydrogen-bond acceptors (Lipinski definition) is 0. The van der Waals surface area contributed by atoms with E-state index in [1.54, 1.807) is 0 Å². The van der Waals surface area contributed by atoms with Gasteiger partial charge in [0.15, 0.2) is 0 Å². The van der Waals surface area contributed by atoms with Crippen LogP contribution in [0.4, 0.5) is 0 Å². The minimum Gasteiger partial charge on any atom is -0.0925 e. The summed E-state index contributed by atoms with van der Waals surface area (Å²) in [5.41, 5.74) is 2.93. The second-order valence-electron chi connectivity index (χ2n) is 3.35. The van der Waals surface area contributed by atoms with Gasteiger partial charge in [-0.25, -0.2) is 0 Å². The second kappa shape index (κ2) is 7.60. The van der Waals surface area contributed by atoms with Gasteiger partial charge in [-0.15, -0.1) is 0 Å². The predicted octanol–water partition coefficient (Wildman–Crippen LogP) is 4.46. The van der Waals surface area contributed by atoms with Crippen LogP contribution in [0.2, 0.25) is 0 Å². The Hall–Kier alpha value is -0.0400.